The summed E-state index contributed by atoms with van der Waals surface area (Å²) in [5.74, 6) is 1.59. The van der Waals surface area contributed by atoms with Crippen molar-refractivity contribution in [2.45, 2.75) is 52.1 Å². The molecule has 5 rings (SSSR count). The van der Waals surface area contributed by atoms with Crippen molar-refractivity contribution in [1.82, 2.24) is 24.6 Å². The van der Waals surface area contributed by atoms with E-state index in [1.807, 2.05) is 50.1 Å². The van der Waals surface area contributed by atoms with Gasteiger partial charge in [-0.05, 0) is 51.2 Å². The monoisotopic (exact) mass is 478 g/mol. The summed E-state index contributed by atoms with van der Waals surface area (Å²) in [6.07, 6.45) is 11.4. The highest BCUT2D eigenvalue weighted by atomic mass is 32.1. The van der Waals surface area contributed by atoms with Gasteiger partial charge in [0.15, 0.2) is 5.75 Å². The van der Waals surface area contributed by atoms with Crippen LogP contribution in [-0.2, 0) is 13.5 Å². The summed E-state index contributed by atoms with van der Waals surface area (Å²) in [6, 6.07) is 3.89. The van der Waals surface area contributed by atoms with E-state index in [2.05, 4.69) is 27.2 Å². The van der Waals surface area contributed by atoms with Crippen LogP contribution in [-0.4, -0.2) is 37.9 Å². The number of hydrogen-bond acceptors (Lipinski definition) is 6. The minimum Gasteiger partial charge on any atom is -0.488 e. The van der Waals surface area contributed by atoms with Gasteiger partial charge in [-0.3, -0.25) is 9.48 Å². The molecule has 0 spiro atoms. The zero-order valence-electron chi connectivity index (χ0n) is 19.8. The minimum absolute atomic E-state index is 0.0651. The van der Waals surface area contributed by atoms with E-state index >= 15 is 0 Å². The molecule has 4 aromatic rings. The van der Waals surface area contributed by atoms with E-state index in [1.165, 1.54) is 24.2 Å². The molecule has 0 aliphatic heterocycles. The lowest BCUT2D eigenvalue weighted by atomic mass is 10.1. The normalized spacial score (nSPS) is 14.1. The minimum atomic E-state index is -0.0651. The number of rotatable bonds is 8. The van der Waals surface area contributed by atoms with E-state index in [4.69, 9.17) is 9.72 Å². The first kappa shape index (κ1) is 22.5. The van der Waals surface area contributed by atoms with Crippen molar-refractivity contribution in [2.24, 2.45) is 7.05 Å². The first-order chi connectivity index (χ1) is 16.6. The van der Waals surface area contributed by atoms with Crippen LogP contribution in [0, 0.1) is 0 Å². The van der Waals surface area contributed by atoms with E-state index in [-0.39, 0.29) is 12.0 Å². The van der Waals surface area contributed by atoms with Crippen molar-refractivity contribution in [3.05, 3.63) is 47.2 Å². The summed E-state index contributed by atoms with van der Waals surface area (Å²) in [4.78, 5) is 17.2. The number of carbonyl (C=O) groups is 1. The van der Waals surface area contributed by atoms with Crippen LogP contribution in [0.2, 0.25) is 0 Å². The number of pyridine rings is 1. The summed E-state index contributed by atoms with van der Waals surface area (Å²) in [5, 5.41) is 13.4. The number of hydrogen-bond donors (Lipinski definition) is 2. The molecule has 9 heteroatoms. The van der Waals surface area contributed by atoms with Gasteiger partial charge in [-0.15, -0.1) is 11.3 Å². The molecule has 4 aromatic heterocycles. The molecule has 0 unspecified atom stereocenters. The van der Waals surface area contributed by atoms with Gasteiger partial charge >= 0.3 is 0 Å². The van der Waals surface area contributed by atoms with Gasteiger partial charge < -0.3 is 19.9 Å². The molecule has 4 heterocycles. The SMILES string of the molecule is CCNC(=O)c1csc(Nc2nc3ccn(-c4cnn(C)c4)c3c(OC3CCCC3)c2CC)c1. The smallest absolute Gasteiger partial charge is 0.252 e. The molecule has 1 aliphatic carbocycles. The van der Waals surface area contributed by atoms with Gasteiger partial charge in [-0.2, -0.15) is 5.10 Å². The molecule has 0 saturated heterocycles. The second-order valence-electron chi connectivity index (χ2n) is 8.62. The van der Waals surface area contributed by atoms with E-state index in [0.717, 1.165) is 58.1 Å². The molecule has 2 N–H and O–H groups in total. The fourth-order valence-corrected chi connectivity index (χ4v) is 5.34. The van der Waals surface area contributed by atoms with Crippen LogP contribution < -0.4 is 15.4 Å². The third-order valence-electron chi connectivity index (χ3n) is 6.22. The Morgan fingerprint density at radius 1 is 1.29 bits per heavy atom. The van der Waals surface area contributed by atoms with E-state index in [0.29, 0.717) is 12.1 Å². The Morgan fingerprint density at radius 2 is 2.12 bits per heavy atom. The Kier molecular flexibility index (Phi) is 6.28. The van der Waals surface area contributed by atoms with Crippen molar-refractivity contribution in [3.8, 4) is 11.4 Å². The predicted molar refractivity (Wildman–Crippen MR) is 136 cm³/mol. The van der Waals surface area contributed by atoms with Crippen molar-refractivity contribution in [3.63, 3.8) is 0 Å². The molecule has 34 heavy (non-hydrogen) atoms. The fraction of sp³-hybridized carbons (Fsp3) is 0.400. The van der Waals surface area contributed by atoms with Crippen molar-refractivity contribution < 1.29 is 9.53 Å². The molecular weight excluding hydrogens is 448 g/mol. The molecule has 178 valence electrons. The largest absolute Gasteiger partial charge is 0.488 e. The molecule has 0 radical (unpaired) electrons. The third-order valence-corrected chi connectivity index (χ3v) is 7.07. The number of carbonyl (C=O) groups excluding carboxylic acids is 1. The van der Waals surface area contributed by atoms with E-state index in [1.54, 1.807) is 4.68 Å². The molecule has 0 bridgehead atoms. The summed E-state index contributed by atoms with van der Waals surface area (Å²) in [7, 11) is 1.92. The zero-order chi connectivity index (χ0) is 23.7. The Morgan fingerprint density at radius 3 is 2.82 bits per heavy atom. The zero-order valence-corrected chi connectivity index (χ0v) is 20.6. The number of aryl methyl sites for hydroxylation is 1. The van der Waals surface area contributed by atoms with Crippen LogP contribution in [0.15, 0.2) is 36.1 Å². The van der Waals surface area contributed by atoms with Crippen LogP contribution in [0.1, 0.15) is 55.5 Å². The summed E-state index contributed by atoms with van der Waals surface area (Å²) < 4.78 is 10.6. The molecular formula is C25H30N6O2S. The number of aromatic nitrogens is 4. The topological polar surface area (TPSA) is 86.0 Å². The average Bonchev–Trinajstić information content (AvgIpc) is 3.61. The van der Waals surface area contributed by atoms with Crippen LogP contribution in [0.25, 0.3) is 16.7 Å². The highest BCUT2D eigenvalue weighted by molar-refractivity contribution is 7.14. The van der Waals surface area contributed by atoms with Crippen LogP contribution in [0.5, 0.6) is 5.75 Å². The van der Waals surface area contributed by atoms with Crippen LogP contribution >= 0.6 is 11.3 Å². The lowest BCUT2D eigenvalue weighted by molar-refractivity contribution is 0.0956. The number of nitrogens with one attached hydrogen (secondary N) is 2. The highest BCUT2D eigenvalue weighted by Gasteiger charge is 2.25. The second kappa shape index (κ2) is 9.50. The lowest BCUT2D eigenvalue weighted by Crippen LogP contribution is -2.21. The maximum Gasteiger partial charge on any atom is 0.252 e. The first-order valence-corrected chi connectivity index (χ1v) is 12.8. The number of fused-ring (bicyclic) bond motifs is 1. The quantitative estimate of drug-likeness (QED) is 0.364. The second-order valence-corrected chi connectivity index (χ2v) is 9.53. The highest BCUT2D eigenvalue weighted by Crippen LogP contribution is 2.39. The van der Waals surface area contributed by atoms with E-state index < -0.39 is 0 Å². The molecule has 0 aromatic carbocycles. The van der Waals surface area contributed by atoms with Gasteiger partial charge in [0.2, 0.25) is 0 Å². The molecule has 1 fully saturated rings. The summed E-state index contributed by atoms with van der Waals surface area (Å²) in [5.41, 5.74) is 4.49. The maximum absolute atomic E-state index is 12.2. The van der Waals surface area contributed by atoms with Crippen molar-refractivity contribution >= 4 is 39.1 Å². The average molecular weight is 479 g/mol. The lowest BCUT2D eigenvalue weighted by Gasteiger charge is -2.20. The van der Waals surface area contributed by atoms with Gasteiger partial charge in [0.05, 0.1) is 34.1 Å². The predicted octanol–water partition coefficient (Wildman–Crippen LogP) is 5.20. The van der Waals surface area contributed by atoms with E-state index in [9.17, 15) is 4.79 Å². The molecule has 1 saturated carbocycles. The van der Waals surface area contributed by atoms with Gasteiger partial charge in [0.25, 0.3) is 5.91 Å². The van der Waals surface area contributed by atoms with Crippen LogP contribution in [0.4, 0.5) is 10.8 Å². The standard InChI is InChI=1S/C25H30N6O2S/c1-4-19-23(33-18-8-6-7-9-18)22-20(10-11-31(22)17-13-27-30(3)14-17)28-24(19)29-21-12-16(15-34-21)25(32)26-5-2/h10-15,18H,4-9H2,1-3H3,(H,26,32)(H,28,29). The Labute approximate surface area is 202 Å². The van der Waals surface area contributed by atoms with Gasteiger partial charge in [0.1, 0.15) is 11.3 Å². The maximum atomic E-state index is 12.2. The first-order valence-electron chi connectivity index (χ1n) is 11.9. The summed E-state index contributed by atoms with van der Waals surface area (Å²) in [6.45, 7) is 4.65. The number of anilines is 2. The van der Waals surface area contributed by atoms with Gasteiger partial charge in [-0.25, -0.2) is 4.98 Å². The van der Waals surface area contributed by atoms with Gasteiger partial charge in [0, 0.05) is 36.9 Å². The van der Waals surface area contributed by atoms with Crippen molar-refractivity contribution in [1.29, 1.82) is 0 Å². The van der Waals surface area contributed by atoms with Crippen LogP contribution in [0.3, 0.4) is 0 Å². The Hall–Kier alpha value is -3.33. The number of ether oxygens (including phenoxy) is 1. The molecule has 0 atom stereocenters. The third kappa shape index (κ3) is 4.27. The Balaban J connectivity index is 1.59. The molecule has 1 amide bonds. The fourth-order valence-electron chi connectivity index (χ4n) is 4.56. The number of nitrogens with zero attached hydrogens (tertiary/aromatic N) is 4. The molecule has 1 aliphatic rings. The van der Waals surface area contributed by atoms with Crippen molar-refractivity contribution in [2.75, 3.05) is 11.9 Å². The number of thiophene rings is 1. The van der Waals surface area contributed by atoms with Gasteiger partial charge in [-0.1, -0.05) is 6.92 Å². The summed E-state index contributed by atoms with van der Waals surface area (Å²) >= 11 is 1.50. The molecule has 8 nitrogen and oxygen atoms in total. The number of amides is 1. The Bertz CT molecular complexity index is 1310.